The molecule has 0 unspecified atom stereocenters. The van der Waals surface area contributed by atoms with Gasteiger partial charge in [0.25, 0.3) is 5.56 Å². The molecule has 0 saturated heterocycles. The molecule has 0 aliphatic heterocycles. The molecule has 78 valence electrons. The van der Waals surface area contributed by atoms with Crippen LogP contribution in [0.3, 0.4) is 0 Å². The maximum atomic E-state index is 11.3. The Bertz CT molecular complexity index is 610. The van der Waals surface area contributed by atoms with E-state index in [1.165, 1.54) is 10.9 Å². The Labute approximate surface area is 82.6 Å². The van der Waals surface area contributed by atoms with Gasteiger partial charge in [-0.2, -0.15) is 5.10 Å². The molecule has 0 radical (unpaired) electrons. The molecule has 2 heterocycles. The number of carboxylic acid groups (broad SMARTS) is 1. The SMILES string of the molecule is Cn1ncc2c(O)c(C(=O)O)c(=O)[nH]c21. The molecular formula is C8H7N3O4. The van der Waals surface area contributed by atoms with E-state index in [9.17, 15) is 14.7 Å². The molecule has 2 aromatic rings. The first-order valence-corrected chi connectivity index (χ1v) is 4.02. The molecule has 7 heteroatoms. The predicted octanol–water partition coefficient (Wildman–Crippen LogP) is -0.335. The monoisotopic (exact) mass is 209 g/mol. The normalized spacial score (nSPS) is 10.7. The zero-order chi connectivity index (χ0) is 11.2. The maximum Gasteiger partial charge on any atom is 0.345 e. The molecule has 2 aromatic heterocycles. The van der Waals surface area contributed by atoms with Crippen LogP contribution in [-0.4, -0.2) is 30.9 Å². The van der Waals surface area contributed by atoms with Crippen LogP contribution in [0.1, 0.15) is 10.4 Å². The zero-order valence-corrected chi connectivity index (χ0v) is 7.68. The average Bonchev–Trinajstić information content (AvgIpc) is 2.47. The highest BCUT2D eigenvalue weighted by Crippen LogP contribution is 2.23. The lowest BCUT2D eigenvalue weighted by molar-refractivity contribution is 0.0692. The lowest BCUT2D eigenvalue weighted by Gasteiger charge is -2.00. The summed E-state index contributed by atoms with van der Waals surface area (Å²) in [7, 11) is 1.57. The Morgan fingerprint density at radius 2 is 2.27 bits per heavy atom. The highest BCUT2D eigenvalue weighted by molar-refractivity contribution is 5.97. The Morgan fingerprint density at radius 1 is 1.60 bits per heavy atom. The summed E-state index contributed by atoms with van der Waals surface area (Å²) >= 11 is 0. The van der Waals surface area contributed by atoms with Gasteiger partial charge in [-0.05, 0) is 0 Å². The van der Waals surface area contributed by atoms with Crippen LogP contribution in [0.25, 0.3) is 11.0 Å². The second kappa shape index (κ2) is 2.84. The van der Waals surface area contributed by atoms with Crippen LogP contribution in [-0.2, 0) is 7.05 Å². The third-order valence-corrected chi connectivity index (χ3v) is 2.10. The van der Waals surface area contributed by atoms with Crippen molar-refractivity contribution in [2.75, 3.05) is 0 Å². The van der Waals surface area contributed by atoms with Crippen molar-refractivity contribution in [2.45, 2.75) is 0 Å². The number of aromatic nitrogens is 3. The number of fused-ring (bicyclic) bond motifs is 1. The first-order chi connectivity index (χ1) is 7.02. The molecule has 0 aliphatic rings. The van der Waals surface area contributed by atoms with Gasteiger partial charge in [-0.25, -0.2) is 4.79 Å². The van der Waals surface area contributed by atoms with Crippen molar-refractivity contribution in [1.82, 2.24) is 14.8 Å². The quantitative estimate of drug-likeness (QED) is 0.595. The lowest BCUT2D eigenvalue weighted by Crippen LogP contribution is -2.18. The number of hydrogen-bond donors (Lipinski definition) is 3. The minimum absolute atomic E-state index is 0.203. The van der Waals surface area contributed by atoms with Crippen molar-refractivity contribution in [3.8, 4) is 5.75 Å². The van der Waals surface area contributed by atoms with Crippen LogP contribution >= 0.6 is 0 Å². The summed E-state index contributed by atoms with van der Waals surface area (Å²) in [5.41, 5.74) is -1.24. The van der Waals surface area contributed by atoms with Crippen molar-refractivity contribution in [1.29, 1.82) is 0 Å². The largest absolute Gasteiger partial charge is 0.506 e. The van der Waals surface area contributed by atoms with E-state index in [1.807, 2.05) is 0 Å². The summed E-state index contributed by atoms with van der Waals surface area (Å²) < 4.78 is 1.34. The van der Waals surface area contributed by atoms with Gasteiger partial charge < -0.3 is 15.2 Å². The second-order valence-corrected chi connectivity index (χ2v) is 3.01. The van der Waals surface area contributed by atoms with E-state index >= 15 is 0 Å². The summed E-state index contributed by atoms with van der Waals surface area (Å²) in [4.78, 5) is 24.3. The smallest absolute Gasteiger partial charge is 0.345 e. The molecule has 0 amide bonds. The second-order valence-electron chi connectivity index (χ2n) is 3.01. The fraction of sp³-hybridized carbons (Fsp3) is 0.125. The zero-order valence-electron chi connectivity index (χ0n) is 7.68. The summed E-state index contributed by atoms with van der Waals surface area (Å²) in [6.45, 7) is 0. The topological polar surface area (TPSA) is 108 Å². The summed E-state index contributed by atoms with van der Waals surface area (Å²) in [6.07, 6.45) is 1.28. The van der Waals surface area contributed by atoms with Gasteiger partial charge in [0.15, 0.2) is 5.56 Å². The molecule has 15 heavy (non-hydrogen) atoms. The van der Waals surface area contributed by atoms with E-state index in [0.717, 1.165) is 0 Å². The Hall–Kier alpha value is -2.31. The van der Waals surface area contributed by atoms with Crippen LogP contribution in [0.2, 0.25) is 0 Å². The van der Waals surface area contributed by atoms with Gasteiger partial charge in [0.05, 0.1) is 11.6 Å². The van der Waals surface area contributed by atoms with Crippen LogP contribution in [0.5, 0.6) is 5.75 Å². The van der Waals surface area contributed by atoms with Crippen molar-refractivity contribution in [3.63, 3.8) is 0 Å². The van der Waals surface area contributed by atoms with Crippen LogP contribution < -0.4 is 5.56 Å². The Kier molecular flexibility index (Phi) is 1.75. The highest BCUT2D eigenvalue weighted by atomic mass is 16.4. The average molecular weight is 209 g/mol. The first-order valence-electron chi connectivity index (χ1n) is 4.02. The molecule has 2 rings (SSSR count). The van der Waals surface area contributed by atoms with Gasteiger partial charge in [0.2, 0.25) is 0 Å². The van der Waals surface area contributed by atoms with Crippen LogP contribution in [0.15, 0.2) is 11.0 Å². The number of aromatic hydroxyl groups is 1. The number of carboxylic acids is 1. The lowest BCUT2D eigenvalue weighted by atomic mass is 10.2. The van der Waals surface area contributed by atoms with Crippen molar-refractivity contribution < 1.29 is 15.0 Å². The summed E-state index contributed by atoms with van der Waals surface area (Å²) in [5, 5.41) is 22.3. The van der Waals surface area contributed by atoms with Gasteiger partial charge in [-0.3, -0.25) is 9.48 Å². The number of nitrogens with one attached hydrogen (secondary N) is 1. The summed E-state index contributed by atoms with van der Waals surface area (Å²) in [6, 6.07) is 0. The fourth-order valence-corrected chi connectivity index (χ4v) is 1.37. The number of carbonyl (C=O) groups is 1. The first kappa shape index (κ1) is 9.25. The van der Waals surface area contributed by atoms with Gasteiger partial charge >= 0.3 is 5.97 Å². The van der Waals surface area contributed by atoms with E-state index in [-0.39, 0.29) is 11.0 Å². The Morgan fingerprint density at radius 3 is 2.87 bits per heavy atom. The minimum Gasteiger partial charge on any atom is -0.506 e. The number of pyridine rings is 1. The third-order valence-electron chi connectivity index (χ3n) is 2.10. The number of aryl methyl sites for hydroxylation is 1. The number of hydrogen-bond acceptors (Lipinski definition) is 4. The van der Waals surface area contributed by atoms with Crippen LogP contribution in [0, 0.1) is 0 Å². The fourth-order valence-electron chi connectivity index (χ4n) is 1.37. The van der Waals surface area contributed by atoms with Crippen LogP contribution in [0.4, 0.5) is 0 Å². The number of nitrogens with zero attached hydrogens (tertiary/aromatic N) is 2. The molecule has 0 aromatic carbocycles. The van der Waals surface area contributed by atoms with E-state index in [1.54, 1.807) is 7.05 Å². The van der Waals surface area contributed by atoms with Gasteiger partial charge in [-0.15, -0.1) is 0 Å². The standard InChI is InChI=1S/C8H7N3O4/c1-11-6-3(2-9-11)5(12)4(8(14)15)7(13)10-6/h2H,1H3,(H,14,15)(H2,10,12,13). The number of aromatic amines is 1. The van der Waals surface area contributed by atoms with Gasteiger partial charge in [0, 0.05) is 7.05 Å². The molecule has 0 fully saturated rings. The van der Waals surface area contributed by atoms with E-state index in [2.05, 4.69) is 10.1 Å². The predicted molar refractivity (Wildman–Crippen MR) is 50.0 cm³/mol. The molecular weight excluding hydrogens is 202 g/mol. The van der Waals surface area contributed by atoms with E-state index in [4.69, 9.17) is 5.11 Å². The molecule has 7 nitrogen and oxygen atoms in total. The maximum absolute atomic E-state index is 11.3. The Balaban J connectivity index is 2.98. The number of H-pyrrole nitrogens is 1. The number of rotatable bonds is 1. The van der Waals surface area contributed by atoms with E-state index in [0.29, 0.717) is 0 Å². The van der Waals surface area contributed by atoms with Crippen molar-refractivity contribution in [2.24, 2.45) is 7.05 Å². The third kappa shape index (κ3) is 1.17. The van der Waals surface area contributed by atoms with Gasteiger partial charge in [0.1, 0.15) is 11.4 Å². The molecule has 0 saturated carbocycles. The minimum atomic E-state index is -1.47. The highest BCUT2D eigenvalue weighted by Gasteiger charge is 2.19. The molecule has 0 aliphatic carbocycles. The van der Waals surface area contributed by atoms with Crippen molar-refractivity contribution in [3.05, 3.63) is 22.1 Å². The van der Waals surface area contributed by atoms with Crippen molar-refractivity contribution >= 4 is 17.0 Å². The number of aromatic carboxylic acids is 1. The molecule has 0 bridgehead atoms. The van der Waals surface area contributed by atoms with E-state index < -0.39 is 22.8 Å². The summed E-state index contributed by atoms with van der Waals surface area (Å²) in [5.74, 6) is -2.03. The van der Waals surface area contributed by atoms with Gasteiger partial charge in [-0.1, -0.05) is 0 Å². The molecule has 0 spiro atoms. The molecule has 3 N–H and O–H groups in total. The molecule has 0 atom stereocenters.